The molecule has 3 rings (SSSR count). The van der Waals surface area contributed by atoms with Gasteiger partial charge in [0.15, 0.2) is 10.9 Å². The van der Waals surface area contributed by atoms with E-state index in [0.717, 1.165) is 30.2 Å². The first kappa shape index (κ1) is 19.7. The predicted molar refractivity (Wildman–Crippen MR) is 118 cm³/mol. The Hall–Kier alpha value is -3.05. The van der Waals surface area contributed by atoms with Crippen molar-refractivity contribution in [2.45, 2.75) is 13.3 Å². The third-order valence-electron chi connectivity index (χ3n) is 4.04. The molecule has 0 aliphatic rings. The largest absolute Gasteiger partial charge is 0.494 e. The van der Waals surface area contributed by atoms with Gasteiger partial charge in [0.1, 0.15) is 11.5 Å². The number of ether oxygens (including phenoxy) is 2. The highest BCUT2D eigenvalue weighted by Crippen LogP contribution is 2.30. The van der Waals surface area contributed by atoms with Crippen molar-refractivity contribution in [3.05, 3.63) is 84.4 Å². The Kier molecular flexibility index (Phi) is 7.27. The molecule has 0 spiro atoms. The molecule has 0 aromatic heterocycles. The number of nitrogens with one attached hydrogen (secondary N) is 2. The van der Waals surface area contributed by atoms with E-state index in [2.05, 4.69) is 22.8 Å². The molecule has 0 aliphatic heterocycles. The van der Waals surface area contributed by atoms with Crippen LogP contribution in [0.3, 0.4) is 0 Å². The van der Waals surface area contributed by atoms with E-state index in [4.69, 9.17) is 21.7 Å². The summed E-state index contributed by atoms with van der Waals surface area (Å²) >= 11 is 5.43. The molecule has 0 fully saturated rings. The second kappa shape index (κ2) is 10.3. The van der Waals surface area contributed by atoms with Crippen LogP contribution in [0.25, 0.3) is 0 Å². The molecule has 0 aliphatic carbocycles. The van der Waals surface area contributed by atoms with Crippen molar-refractivity contribution in [2.75, 3.05) is 18.5 Å². The predicted octanol–water partition coefficient (Wildman–Crippen LogP) is 5.41. The lowest BCUT2D eigenvalue weighted by Crippen LogP contribution is -2.30. The van der Waals surface area contributed by atoms with Crippen LogP contribution in [0.1, 0.15) is 12.5 Å². The summed E-state index contributed by atoms with van der Waals surface area (Å²) in [7, 11) is 0. The van der Waals surface area contributed by atoms with Crippen molar-refractivity contribution in [3.63, 3.8) is 0 Å². The summed E-state index contributed by atoms with van der Waals surface area (Å²) in [5.41, 5.74) is 2.09. The van der Waals surface area contributed by atoms with Crippen LogP contribution >= 0.6 is 12.2 Å². The zero-order valence-corrected chi connectivity index (χ0v) is 16.7. The maximum atomic E-state index is 6.01. The van der Waals surface area contributed by atoms with Gasteiger partial charge in [0.25, 0.3) is 0 Å². The molecule has 0 saturated carbocycles. The molecule has 0 amide bonds. The zero-order chi connectivity index (χ0) is 19.6. The van der Waals surface area contributed by atoms with Gasteiger partial charge in [-0.25, -0.2) is 0 Å². The highest BCUT2D eigenvalue weighted by Gasteiger charge is 2.06. The summed E-state index contributed by atoms with van der Waals surface area (Å²) in [5, 5.41) is 7.03. The lowest BCUT2D eigenvalue weighted by molar-refractivity contribution is 0.339. The number of thiocarbonyl (C=S) groups is 1. The average molecular weight is 393 g/mol. The summed E-state index contributed by atoms with van der Waals surface area (Å²) in [6.45, 7) is 3.36. The van der Waals surface area contributed by atoms with Crippen LogP contribution in [-0.4, -0.2) is 18.3 Å². The molecule has 0 unspecified atom stereocenters. The van der Waals surface area contributed by atoms with E-state index in [1.807, 2.05) is 73.7 Å². The average Bonchev–Trinajstić information content (AvgIpc) is 2.72. The molecule has 0 radical (unpaired) electrons. The van der Waals surface area contributed by atoms with Gasteiger partial charge in [-0.2, -0.15) is 0 Å². The van der Waals surface area contributed by atoms with Crippen molar-refractivity contribution in [1.29, 1.82) is 0 Å². The van der Waals surface area contributed by atoms with Gasteiger partial charge in [-0.05, 0) is 67.5 Å². The number of anilines is 1. The Labute approximate surface area is 171 Å². The normalized spacial score (nSPS) is 10.2. The Morgan fingerprint density at radius 2 is 1.54 bits per heavy atom. The molecule has 4 nitrogen and oxygen atoms in total. The lowest BCUT2D eigenvalue weighted by atomic mass is 10.1. The van der Waals surface area contributed by atoms with E-state index >= 15 is 0 Å². The van der Waals surface area contributed by atoms with Crippen LogP contribution in [0.2, 0.25) is 0 Å². The fourth-order valence-corrected chi connectivity index (χ4v) is 2.90. The Morgan fingerprint density at radius 1 is 0.857 bits per heavy atom. The Morgan fingerprint density at radius 3 is 2.29 bits per heavy atom. The molecule has 0 saturated heterocycles. The minimum atomic E-state index is 0.568. The second-order valence-corrected chi connectivity index (χ2v) is 6.53. The molecule has 0 heterocycles. The van der Waals surface area contributed by atoms with Gasteiger partial charge in [-0.15, -0.1) is 0 Å². The fourth-order valence-electron chi connectivity index (χ4n) is 2.69. The van der Waals surface area contributed by atoms with Crippen LogP contribution in [-0.2, 0) is 6.42 Å². The Bertz CT molecular complexity index is 883. The van der Waals surface area contributed by atoms with Crippen molar-refractivity contribution in [2.24, 2.45) is 0 Å². The monoisotopic (exact) mass is 392 g/mol. The van der Waals surface area contributed by atoms with Crippen LogP contribution in [0.5, 0.6) is 17.2 Å². The topological polar surface area (TPSA) is 42.5 Å². The minimum Gasteiger partial charge on any atom is -0.494 e. The fraction of sp³-hybridized carbons (Fsp3) is 0.174. The molecule has 28 heavy (non-hydrogen) atoms. The van der Waals surface area contributed by atoms with Crippen LogP contribution in [0.15, 0.2) is 78.9 Å². The molecule has 0 bridgehead atoms. The van der Waals surface area contributed by atoms with E-state index in [1.54, 1.807) is 0 Å². The van der Waals surface area contributed by atoms with Crippen molar-refractivity contribution in [3.8, 4) is 17.2 Å². The van der Waals surface area contributed by atoms with Crippen molar-refractivity contribution >= 4 is 23.0 Å². The summed E-state index contributed by atoms with van der Waals surface area (Å²) in [6.07, 6.45) is 0.910. The van der Waals surface area contributed by atoms with Crippen LogP contribution in [0, 0.1) is 0 Å². The molecular formula is C23H24N2O2S. The van der Waals surface area contributed by atoms with Crippen LogP contribution < -0.4 is 20.1 Å². The molecule has 3 aromatic carbocycles. The third-order valence-corrected chi connectivity index (χ3v) is 4.29. The number of hydrogen-bond donors (Lipinski definition) is 2. The van der Waals surface area contributed by atoms with Crippen molar-refractivity contribution < 1.29 is 9.47 Å². The first-order chi connectivity index (χ1) is 13.7. The molecule has 5 heteroatoms. The first-order valence-corrected chi connectivity index (χ1v) is 9.74. The van der Waals surface area contributed by atoms with E-state index in [9.17, 15) is 0 Å². The number of hydrogen-bond acceptors (Lipinski definition) is 3. The van der Waals surface area contributed by atoms with E-state index in [1.165, 1.54) is 5.56 Å². The molecule has 0 atom stereocenters. The van der Waals surface area contributed by atoms with Gasteiger partial charge in [0.2, 0.25) is 0 Å². The number of rotatable bonds is 8. The third kappa shape index (κ3) is 5.99. The smallest absolute Gasteiger partial charge is 0.170 e. The maximum absolute atomic E-state index is 6.01. The molecule has 144 valence electrons. The van der Waals surface area contributed by atoms with Crippen LogP contribution in [0.4, 0.5) is 5.69 Å². The van der Waals surface area contributed by atoms with E-state index < -0.39 is 0 Å². The zero-order valence-electron chi connectivity index (χ0n) is 15.9. The van der Waals surface area contributed by atoms with Gasteiger partial charge >= 0.3 is 0 Å². The molecule has 2 N–H and O–H groups in total. The van der Waals surface area contributed by atoms with Gasteiger partial charge < -0.3 is 20.1 Å². The number of benzene rings is 3. The van der Waals surface area contributed by atoms with Gasteiger partial charge in [0.05, 0.1) is 12.3 Å². The molecule has 3 aromatic rings. The summed E-state index contributed by atoms with van der Waals surface area (Å²) in [5.74, 6) is 2.27. The van der Waals surface area contributed by atoms with Gasteiger partial charge in [0, 0.05) is 6.54 Å². The maximum Gasteiger partial charge on any atom is 0.170 e. The summed E-state index contributed by atoms with van der Waals surface area (Å²) < 4.78 is 11.5. The van der Waals surface area contributed by atoms with Gasteiger partial charge in [-0.3, -0.25) is 0 Å². The SMILES string of the molecule is CCOc1ccc(Oc2ccccc2NC(=S)NCCc2ccccc2)cc1. The quantitative estimate of drug-likeness (QED) is 0.502. The lowest BCUT2D eigenvalue weighted by Gasteiger charge is -2.15. The highest BCUT2D eigenvalue weighted by molar-refractivity contribution is 7.80. The standard InChI is InChI=1S/C23H24N2O2S/c1-2-26-19-12-14-20(15-13-19)27-22-11-7-6-10-21(22)25-23(28)24-17-16-18-8-4-3-5-9-18/h3-15H,2,16-17H2,1H3,(H2,24,25,28). The van der Waals surface area contributed by atoms with Crippen molar-refractivity contribution in [1.82, 2.24) is 5.32 Å². The van der Waals surface area contributed by atoms with Gasteiger partial charge in [-0.1, -0.05) is 42.5 Å². The van der Waals surface area contributed by atoms with E-state index in [0.29, 0.717) is 17.5 Å². The minimum absolute atomic E-state index is 0.568. The Balaban J connectivity index is 1.56. The van der Waals surface area contributed by atoms with E-state index in [-0.39, 0.29) is 0 Å². The summed E-state index contributed by atoms with van der Waals surface area (Å²) in [6, 6.07) is 25.6. The summed E-state index contributed by atoms with van der Waals surface area (Å²) in [4.78, 5) is 0. The molecular weight excluding hydrogens is 368 g/mol. The second-order valence-electron chi connectivity index (χ2n) is 6.12. The number of para-hydroxylation sites is 2. The first-order valence-electron chi connectivity index (χ1n) is 9.33. The highest BCUT2D eigenvalue weighted by atomic mass is 32.1.